The molecule has 1 aromatic rings. The van der Waals surface area contributed by atoms with Crippen LogP contribution in [0.15, 0.2) is 5.16 Å². The average Bonchev–Trinajstić information content (AvgIpc) is 3.11. The van der Waals surface area contributed by atoms with Gasteiger partial charge in [0.2, 0.25) is 0 Å². The molecule has 0 spiro atoms. The maximum atomic E-state index is 12.1. The van der Waals surface area contributed by atoms with Gasteiger partial charge in [0.05, 0.1) is 12.3 Å². The van der Waals surface area contributed by atoms with Crippen LogP contribution in [0.2, 0.25) is 0 Å². The Labute approximate surface area is 111 Å². The summed E-state index contributed by atoms with van der Waals surface area (Å²) in [5, 5.41) is 13.9. The molecule has 3 rings (SSSR count). The molecule has 102 valence electrons. The van der Waals surface area contributed by atoms with Gasteiger partial charge in [-0.25, -0.2) is 0 Å². The van der Waals surface area contributed by atoms with Crippen LogP contribution in [0.3, 0.4) is 0 Å². The number of aromatic nitrogens is 2. The van der Waals surface area contributed by atoms with E-state index < -0.39 is 0 Å². The number of fused-ring (bicyclic) bond motifs is 1. The molecule has 0 fully saturated rings. The molecule has 1 aromatic heterocycles. The number of aryl methyl sites for hydroxylation is 1. The summed E-state index contributed by atoms with van der Waals surface area (Å²) in [5.41, 5.74) is 3.79. The maximum absolute atomic E-state index is 12.1. The van der Waals surface area contributed by atoms with Gasteiger partial charge in [-0.15, -0.1) is 0 Å². The number of hydrogen-bond acceptors (Lipinski definition) is 4. The van der Waals surface area contributed by atoms with Crippen LogP contribution in [0.1, 0.15) is 47.9 Å². The van der Waals surface area contributed by atoms with Gasteiger partial charge in [0, 0.05) is 17.7 Å². The van der Waals surface area contributed by atoms with Crippen molar-refractivity contribution in [3.8, 4) is 0 Å². The van der Waals surface area contributed by atoms with E-state index in [1.807, 2.05) is 0 Å². The Morgan fingerprint density at radius 1 is 1.53 bits per heavy atom. The Kier molecular flexibility index (Phi) is 3.23. The number of rotatable bonds is 4. The topological polar surface area (TPSA) is 79.4 Å². The first-order chi connectivity index (χ1) is 9.28. The van der Waals surface area contributed by atoms with Gasteiger partial charge < -0.3 is 10.2 Å². The van der Waals surface area contributed by atoms with Crippen LogP contribution in [-0.4, -0.2) is 34.5 Å². The molecule has 6 nitrogen and oxygen atoms in total. The number of nitrogens with zero attached hydrogens (tertiary/aromatic N) is 2. The molecule has 19 heavy (non-hydrogen) atoms. The van der Waals surface area contributed by atoms with Gasteiger partial charge in [0.1, 0.15) is 6.10 Å². The Hall–Kier alpha value is -1.85. The lowest BCUT2D eigenvalue weighted by Gasteiger charge is -2.09. The standard InChI is InChI=1S/C13H18N4O2/c1-2-8-6-9(19-17-8)7-14-13(18)12-10-4-3-5-11(10)15-16-12/h9H,2-7H2,1H3,(H,14,18)(H,15,16)/t9-/m0/s1. The lowest BCUT2D eigenvalue weighted by molar-refractivity contribution is 0.0750. The zero-order chi connectivity index (χ0) is 13.2. The van der Waals surface area contributed by atoms with Crippen molar-refractivity contribution in [2.24, 2.45) is 5.16 Å². The molecule has 1 aliphatic heterocycles. The van der Waals surface area contributed by atoms with E-state index in [1.165, 1.54) is 0 Å². The average molecular weight is 262 g/mol. The van der Waals surface area contributed by atoms with Crippen molar-refractivity contribution in [2.45, 2.75) is 45.1 Å². The SMILES string of the molecule is CCC1=NO[C@H](CNC(=O)c2n[nH]c3c2CCC3)C1. The van der Waals surface area contributed by atoms with E-state index in [-0.39, 0.29) is 12.0 Å². The first kappa shape index (κ1) is 12.2. The van der Waals surface area contributed by atoms with Crippen molar-refractivity contribution in [3.63, 3.8) is 0 Å². The third kappa shape index (κ3) is 2.34. The fraction of sp³-hybridized carbons (Fsp3) is 0.615. The summed E-state index contributed by atoms with van der Waals surface area (Å²) in [6.45, 7) is 2.53. The second-order valence-corrected chi connectivity index (χ2v) is 5.04. The van der Waals surface area contributed by atoms with Crippen molar-refractivity contribution >= 4 is 11.6 Å². The van der Waals surface area contributed by atoms with Crippen LogP contribution in [0.25, 0.3) is 0 Å². The largest absolute Gasteiger partial charge is 0.390 e. The minimum absolute atomic E-state index is 0.0362. The van der Waals surface area contributed by atoms with Crippen LogP contribution >= 0.6 is 0 Å². The highest BCUT2D eigenvalue weighted by molar-refractivity contribution is 5.94. The first-order valence-electron chi connectivity index (χ1n) is 6.83. The van der Waals surface area contributed by atoms with Crippen LogP contribution < -0.4 is 5.32 Å². The smallest absolute Gasteiger partial charge is 0.272 e. The Morgan fingerprint density at radius 3 is 3.21 bits per heavy atom. The summed E-state index contributed by atoms with van der Waals surface area (Å²) in [4.78, 5) is 17.3. The zero-order valence-electron chi connectivity index (χ0n) is 11.0. The van der Waals surface area contributed by atoms with Gasteiger partial charge in [0.25, 0.3) is 5.91 Å². The summed E-state index contributed by atoms with van der Waals surface area (Å²) in [7, 11) is 0. The predicted molar refractivity (Wildman–Crippen MR) is 70.2 cm³/mol. The van der Waals surface area contributed by atoms with Crippen LogP contribution in [0.4, 0.5) is 0 Å². The molecular formula is C13H18N4O2. The third-order valence-corrected chi connectivity index (χ3v) is 3.71. The molecular weight excluding hydrogens is 244 g/mol. The zero-order valence-corrected chi connectivity index (χ0v) is 11.0. The summed E-state index contributed by atoms with van der Waals surface area (Å²) in [6, 6.07) is 0. The van der Waals surface area contributed by atoms with Crippen molar-refractivity contribution in [2.75, 3.05) is 6.54 Å². The van der Waals surface area contributed by atoms with E-state index in [0.29, 0.717) is 12.2 Å². The number of H-pyrrole nitrogens is 1. The highest BCUT2D eigenvalue weighted by Gasteiger charge is 2.25. The number of aromatic amines is 1. The van der Waals surface area contributed by atoms with Crippen molar-refractivity contribution in [3.05, 3.63) is 17.0 Å². The highest BCUT2D eigenvalue weighted by Crippen LogP contribution is 2.22. The first-order valence-corrected chi connectivity index (χ1v) is 6.83. The maximum Gasteiger partial charge on any atom is 0.272 e. The molecule has 0 aromatic carbocycles. The number of oxime groups is 1. The molecule has 0 bridgehead atoms. The minimum atomic E-state index is -0.118. The number of amides is 1. The molecule has 1 atom stereocenters. The van der Waals surface area contributed by atoms with E-state index in [1.54, 1.807) is 0 Å². The number of carbonyl (C=O) groups is 1. The summed E-state index contributed by atoms with van der Waals surface area (Å²) in [6.07, 6.45) is 4.70. The highest BCUT2D eigenvalue weighted by atomic mass is 16.6. The van der Waals surface area contributed by atoms with E-state index in [4.69, 9.17) is 4.84 Å². The van der Waals surface area contributed by atoms with Gasteiger partial charge in [-0.3, -0.25) is 9.89 Å². The van der Waals surface area contributed by atoms with Gasteiger partial charge in [-0.2, -0.15) is 5.10 Å². The minimum Gasteiger partial charge on any atom is -0.390 e. The number of carbonyl (C=O) groups excluding carboxylic acids is 1. The Balaban J connectivity index is 1.55. The monoisotopic (exact) mass is 262 g/mol. The normalized spacial score (nSPS) is 20.9. The number of nitrogens with one attached hydrogen (secondary N) is 2. The van der Waals surface area contributed by atoms with E-state index in [9.17, 15) is 4.79 Å². The molecule has 0 saturated heterocycles. The second kappa shape index (κ2) is 5.03. The molecule has 2 heterocycles. The summed E-state index contributed by atoms with van der Waals surface area (Å²) in [5.74, 6) is -0.118. The summed E-state index contributed by atoms with van der Waals surface area (Å²) < 4.78 is 0. The van der Waals surface area contributed by atoms with Gasteiger partial charge in [-0.05, 0) is 25.7 Å². The molecule has 0 unspecified atom stereocenters. The molecule has 2 N–H and O–H groups in total. The second-order valence-electron chi connectivity index (χ2n) is 5.04. The van der Waals surface area contributed by atoms with E-state index in [2.05, 4.69) is 27.6 Å². The lowest BCUT2D eigenvalue weighted by Crippen LogP contribution is -2.33. The Bertz CT molecular complexity index is 521. The van der Waals surface area contributed by atoms with Gasteiger partial charge >= 0.3 is 0 Å². The quantitative estimate of drug-likeness (QED) is 0.855. The molecule has 1 aliphatic carbocycles. The van der Waals surface area contributed by atoms with Crippen LogP contribution in [-0.2, 0) is 17.7 Å². The van der Waals surface area contributed by atoms with Crippen LogP contribution in [0, 0.1) is 0 Å². The van der Waals surface area contributed by atoms with Crippen molar-refractivity contribution in [1.82, 2.24) is 15.5 Å². The fourth-order valence-corrected chi connectivity index (χ4v) is 2.60. The fourth-order valence-electron chi connectivity index (χ4n) is 2.60. The third-order valence-electron chi connectivity index (χ3n) is 3.71. The molecule has 6 heteroatoms. The molecule has 0 radical (unpaired) electrons. The predicted octanol–water partition coefficient (Wildman–Crippen LogP) is 1.18. The lowest BCUT2D eigenvalue weighted by atomic mass is 10.1. The molecule has 0 saturated carbocycles. The van der Waals surface area contributed by atoms with Crippen LogP contribution in [0.5, 0.6) is 0 Å². The van der Waals surface area contributed by atoms with E-state index in [0.717, 1.165) is 49.1 Å². The Morgan fingerprint density at radius 2 is 2.42 bits per heavy atom. The molecule has 1 amide bonds. The number of hydrogen-bond donors (Lipinski definition) is 2. The van der Waals surface area contributed by atoms with Gasteiger partial charge in [-0.1, -0.05) is 12.1 Å². The summed E-state index contributed by atoms with van der Waals surface area (Å²) >= 11 is 0. The van der Waals surface area contributed by atoms with Crippen molar-refractivity contribution in [1.29, 1.82) is 0 Å². The van der Waals surface area contributed by atoms with Gasteiger partial charge in [0.15, 0.2) is 5.69 Å². The van der Waals surface area contributed by atoms with E-state index >= 15 is 0 Å². The molecule has 2 aliphatic rings. The van der Waals surface area contributed by atoms with Crippen molar-refractivity contribution < 1.29 is 9.63 Å².